The predicted octanol–water partition coefficient (Wildman–Crippen LogP) is 6.47. The summed E-state index contributed by atoms with van der Waals surface area (Å²) < 4.78 is 7.25. The molecule has 4 rings (SSSR count). The largest absolute Gasteiger partial charge is 0.487 e. The Morgan fingerprint density at radius 1 is 1.16 bits per heavy atom. The second-order valence-electron chi connectivity index (χ2n) is 7.64. The number of rotatable bonds is 6. The van der Waals surface area contributed by atoms with E-state index in [0.29, 0.717) is 15.8 Å². The van der Waals surface area contributed by atoms with Crippen LogP contribution in [-0.4, -0.2) is 28.0 Å². The molecule has 1 fully saturated rings. The summed E-state index contributed by atoms with van der Waals surface area (Å²) in [6.45, 7) is 0.211. The normalized spacial score (nSPS) is 14.6. The second kappa shape index (κ2) is 11.5. The average molecular weight is 732 g/mol. The van der Waals surface area contributed by atoms with E-state index >= 15 is 0 Å². The molecule has 7 nitrogen and oxygen atoms in total. The second-order valence-corrected chi connectivity index (χ2v) is 10.8. The molecule has 0 aliphatic carbocycles. The van der Waals surface area contributed by atoms with Crippen LogP contribution < -0.4 is 15.0 Å². The molecule has 0 saturated carbocycles. The Balaban J connectivity index is 1.59. The van der Waals surface area contributed by atoms with Crippen molar-refractivity contribution in [3.8, 4) is 5.75 Å². The van der Waals surface area contributed by atoms with Crippen LogP contribution in [0.4, 0.5) is 5.69 Å². The molecule has 1 aliphatic rings. The molecule has 2 amide bonds. The van der Waals surface area contributed by atoms with Crippen molar-refractivity contribution in [3.63, 3.8) is 0 Å². The molecule has 0 unspecified atom stereocenters. The Morgan fingerprint density at radius 2 is 1.86 bits per heavy atom. The van der Waals surface area contributed by atoms with E-state index in [2.05, 4.69) is 43.8 Å². The van der Waals surface area contributed by atoms with Crippen LogP contribution in [0.2, 0.25) is 10.0 Å². The van der Waals surface area contributed by atoms with Gasteiger partial charge in [0.25, 0.3) is 11.8 Å². The van der Waals surface area contributed by atoms with Crippen LogP contribution in [0.15, 0.2) is 64.6 Å². The molecule has 1 saturated heterocycles. The van der Waals surface area contributed by atoms with Crippen molar-refractivity contribution in [1.82, 2.24) is 5.32 Å². The first-order chi connectivity index (χ1) is 17.6. The third-order valence-electron chi connectivity index (χ3n) is 5.19. The Hall–Kier alpha value is -2.51. The van der Waals surface area contributed by atoms with E-state index in [4.69, 9.17) is 45.3 Å². The number of hydrogen-bond acceptors (Lipinski definition) is 5. The van der Waals surface area contributed by atoms with Crippen LogP contribution in [0.25, 0.3) is 6.08 Å². The minimum atomic E-state index is -1.000. The number of carboxylic acids is 1. The van der Waals surface area contributed by atoms with Crippen LogP contribution in [0.3, 0.4) is 0 Å². The van der Waals surface area contributed by atoms with Gasteiger partial charge in [-0.25, -0.2) is 4.79 Å². The van der Waals surface area contributed by atoms with Gasteiger partial charge in [-0.1, -0.05) is 41.4 Å². The number of ether oxygens (including phenoxy) is 1. The van der Waals surface area contributed by atoms with Gasteiger partial charge in [-0.2, -0.15) is 0 Å². The highest BCUT2D eigenvalue weighted by atomic mass is 127. The molecule has 0 atom stereocenters. The van der Waals surface area contributed by atoms with Gasteiger partial charge in [0, 0.05) is 0 Å². The van der Waals surface area contributed by atoms with Gasteiger partial charge in [-0.3, -0.25) is 19.8 Å². The quantitative estimate of drug-likeness (QED) is 0.131. The lowest BCUT2D eigenvalue weighted by Gasteiger charge is -2.29. The minimum absolute atomic E-state index is 0.104. The summed E-state index contributed by atoms with van der Waals surface area (Å²) in [5.41, 5.74) is 1.66. The molecule has 188 valence electrons. The number of hydrogen-bond donors (Lipinski definition) is 2. The maximum atomic E-state index is 13.3. The highest BCUT2D eigenvalue weighted by Crippen LogP contribution is 2.36. The lowest BCUT2D eigenvalue weighted by Crippen LogP contribution is -2.54. The maximum absolute atomic E-state index is 13.3. The molecule has 37 heavy (non-hydrogen) atoms. The van der Waals surface area contributed by atoms with E-state index in [0.717, 1.165) is 14.0 Å². The maximum Gasteiger partial charge on any atom is 0.335 e. The van der Waals surface area contributed by atoms with Gasteiger partial charge >= 0.3 is 5.97 Å². The van der Waals surface area contributed by atoms with Crippen molar-refractivity contribution in [1.29, 1.82) is 0 Å². The minimum Gasteiger partial charge on any atom is -0.487 e. The zero-order chi connectivity index (χ0) is 26.9. The summed E-state index contributed by atoms with van der Waals surface area (Å²) >= 11 is 23.2. The van der Waals surface area contributed by atoms with Crippen molar-refractivity contribution in [2.75, 3.05) is 4.90 Å². The molecule has 1 heterocycles. The first kappa shape index (κ1) is 27.5. The zero-order valence-electron chi connectivity index (χ0n) is 18.4. The van der Waals surface area contributed by atoms with Gasteiger partial charge in [0.15, 0.2) is 5.11 Å². The van der Waals surface area contributed by atoms with E-state index in [1.807, 2.05) is 0 Å². The summed E-state index contributed by atoms with van der Waals surface area (Å²) in [5.74, 6) is -1.73. The van der Waals surface area contributed by atoms with E-state index in [1.54, 1.807) is 42.5 Å². The van der Waals surface area contributed by atoms with E-state index in [1.165, 1.54) is 18.2 Å². The van der Waals surface area contributed by atoms with E-state index < -0.39 is 17.8 Å². The third-order valence-corrected chi connectivity index (χ3v) is 7.67. The fourth-order valence-corrected chi connectivity index (χ4v) is 5.83. The Kier molecular flexibility index (Phi) is 8.54. The first-order valence-electron chi connectivity index (χ1n) is 10.4. The monoisotopic (exact) mass is 730 g/mol. The molecule has 2 N–H and O–H groups in total. The highest BCUT2D eigenvalue weighted by Gasteiger charge is 2.35. The van der Waals surface area contributed by atoms with Crippen molar-refractivity contribution >= 4 is 109 Å². The third kappa shape index (κ3) is 5.99. The van der Waals surface area contributed by atoms with Gasteiger partial charge in [0.1, 0.15) is 17.9 Å². The van der Waals surface area contributed by atoms with E-state index in [9.17, 15) is 14.4 Å². The number of carboxylic acid groups (broad SMARTS) is 1. The number of anilines is 1. The van der Waals surface area contributed by atoms with Crippen molar-refractivity contribution in [2.24, 2.45) is 0 Å². The van der Waals surface area contributed by atoms with Gasteiger partial charge in [-0.15, -0.1) is 0 Å². The summed E-state index contributed by atoms with van der Waals surface area (Å²) in [5, 5.41) is 11.8. The molecule has 0 radical (unpaired) electrons. The number of benzene rings is 3. The summed E-state index contributed by atoms with van der Waals surface area (Å²) in [6, 6.07) is 14.6. The molecule has 0 spiro atoms. The Bertz CT molecular complexity index is 1470. The number of aromatic carboxylic acids is 1. The van der Waals surface area contributed by atoms with Gasteiger partial charge in [-0.05, 0) is 104 Å². The predicted molar refractivity (Wildman–Crippen MR) is 157 cm³/mol. The fourth-order valence-electron chi connectivity index (χ4n) is 3.41. The number of nitrogens with zero attached hydrogens (tertiary/aromatic N) is 1. The molecular formula is C25H14BrCl2IN2O5S. The Morgan fingerprint density at radius 3 is 2.51 bits per heavy atom. The van der Waals surface area contributed by atoms with Crippen LogP contribution in [0.1, 0.15) is 21.5 Å². The molecular weight excluding hydrogens is 718 g/mol. The number of carbonyl (C=O) groups excluding carboxylic acids is 2. The van der Waals surface area contributed by atoms with Gasteiger partial charge in [0.2, 0.25) is 0 Å². The first-order valence-corrected chi connectivity index (χ1v) is 13.4. The molecule has 0 aromatic heterocycles. The SMILES string of the molecule is O=C1NC(=S)N(c2cccc(Cl)c2Cl)C(=O)/C1=C/c1cc(Br)c(OCc2ccc(C(=O)O)cc2)c(I)c1. The standard InChI is InChI=1S/C25H14BrCl2IN2O5S/c26-16-9-13(10-18(29)21(16)36-11-12-4-6-14(7-5-12)24(34)35)8-15-22(32)30-25(37)31(23(15)33)19-3-1-2-17(27)20(19)28/h1-10H,11H2,(H,34,35)(H,30,32,37)/b15-8+. The smallest absolute Gasteiger partial charge is 0.335 e. The highest BCUT2D eigenvalue weighted by molar-refractivity contribution is 14.1. The summed E-state index contributed by atoms with van der Waals surface area (Å²) in [7, 11) is 0. The molecule has 0 bridgehead atoms. The number of thiocarbonyl (C=S) groups is 1. The van der Waals surface area contributed by atoms with Crippen molar-refractivity contribution in [3.05, 3.63) is 94.9 Å². The van der Waals surface area contributed by atoms with Crippen molar-refractivity contribution in [2.45, 2.75) is 6.61 Å². The van der Waals surface area contributed by atoms with Crippen LogP contribution in [0, 0.1) is 3.57 Å². The van der Waals surface area contributed by atoms with E-state index in [-0.39, 0.29) is 38.6 Å². The van der Waals surface area contributed by atoms with Crippen LogP contribution >= 0.6 is 73.9 Å². The van der Waals surface area contributed by atoms with Crippen LogP contribution in [0.5, 0.6) is 5.75 Å². The lowest BCUT2D eigenvalue weighted by atomic mass is 10.1. The molecule has 3 aromatic carbocycles. The van der Waals surface area contributed by atoms with Gasteiger partial charge < -0.3 is 9.84 Å². The number of carbonyl (C=O) groups is 3. The summed E-state index contributed by atoms with van der Waals surface area (Å²) in [4.78, 5) is 38.1. The topological polar surface area (TPSA) is 95.9 Å². The molecule has 12 heteroatoms. The van der Waals surface area contributed by atoms with Crippen molar-refractivity contribution < 1.29 is 24.2 Å². The number of amides is 2. The number of halogens is 4. The molecule has 1 aliphatic heterocycles. The zero-order valence-corrected chi connectivity index (χ0v) is 24.5. The number of nitrogens with one attached hydrogen (secondary N) is 1. The fraction of sp³-hybridized carbons (Fsp3) is 0.0400. The van der Waals surface area contributed by atoms with Gasteiger partial charge in [0.05, 0.1) is 29.3 Å². The summed E-state index contributed by atoms with van der Waals surface area (Å²) in [6.07, 6.45) is 1.45. The van der Waals surface area contributed by atoms with Crippen LogP contribution in [-0.2, 0) is 16.2 Å². The molecule has 3 aromatic rings. The average Bonchev–Trinajstić information content (AvgIpc) is 2.84. The Labute approximate surface area is 248 Å². The lowest BCUT2D eigenvalue weighted by molar-refractivity contribution is -0.122.